The fourth-order valence-corrected chi connectivity index (χ4v) is 3.01. The molecule has 0 spiro atoms. The van der Waals surface area contributed by atoms with Crippen molar-refractivity contribution in [3.63, 3.8) is 0 Å². The molecule has 0 radical (unpaired) electrons. The van der Waals surface area contributed by atoms with E-state index in [9.17, 15) is 4.79 Å². The second-order valence-electron chi connectivity index (χ2n) is 6.44. The van der Waals surface area contributed by atoms with E-state index in [2.05, 4.69) is 31.1 Å². The van der Waals surface area contributed by atoms with Crippen LogP contribution in [-0.4, -0.2) is 22.9 Å². The van der Waals surface area contributed by atoms with Crippen molar-refractivity contribution in [1.82, 2.24) is 9.78 Å². The van der Waals surface area contributed by atoms with Gasteiger partial charge < -0.3 is 4.74 Å². The Hall–Kier alpha value is -2.59. The van der Waals surface area contributed by atoms with Crippen molar-refractivity contribution in [3.8, 4) is 11.3 Å². The quantitative estimate of drug-likeness (QED) is 0.584. The monoisotopic (exact) mass is 368 g/mol. The Labute approximate surface area is 158 Å². The highest BCUT2D eigenvalue weighted by atomic mass is 35.5. The van der Waals surface area contributed by atoms with Crippen molar-refractivity contribution < 1.29 is 9.53 Å². The number of ether oxygens (including phenoxy) is 1. The number of benzene rings is 2. The molecule has 0 aliphatic rings. The van der Waals surface area contributed by atoms with Gasteiger partial charge in [0.05, 0.1) is 19.3 Å². The summed E-state index contributed by atoms with van der Waals surface area (Å²) in [6.45, 7) is 4.78. The van der Waals surface area contributed by atoms with Gasteiger partial charge in [0.15, 0.2) is 5.69 Å². The van der Waals surface area contributed by atoms with E-state index < -0.39 is 5.97 Å². The van der Waals surface area contributed by atoms with E-state index in [1.165, 1.54) is 12.7 Å². The van der Waals surface area contributed by atoms with E-state index in [-0.39, 0.29) is 5.69 Å². The van der Waals surface area contributed by atoms with Crippen LogP contribution in [0, 0.1) is 0 Å². The van der Waals surface area contributed by atoms with E-state index >= 15 is 0 Å². The Morgan fingerprint density at radius 2 is 1.92 bits per heavy atom. The van der Waals surface area contributed by atoms with Crippen molar-refractivity contribution in [2.75, 3.05) is 7.11 Å². The van der Waals surface area contributed by atoms with Crippen molar-refractivity contribution in [1.29, 1.82) is 0 Å². The van der Waals surface area contributed by atoms with Gasteiger partial charge in [0.25, 0.3) is 0 Å². The molecule has 0 atom stereocenters. The van der Waals surface area contributed by atoms with Crippen molar-refractivity contribution >= 4 is 17.6 Å². The highest BCUT2D eigenvalue weighted by Gasteiger charge is 2.17. The van der Waals surface area contributed by atoms with Crippen LogP contribution < -0.4 is 0 Å². The first kappa shape index (κ1) is 18.2. The summed E-state index contributed by atoms with van der Waals surface area (Å²) in [4.78, 5) is 12.0. The van der Waals surface area contributed by atoms with Crippen LogP contribution in [0.1, 0.15) is 41.4 Å². The number of halogens is 1. The van der Waals surface area contributed by atoms with E-state index in [1.807, 2.05) is 36.4 Å². The number of carbonyl (C=O) groups excluding carboxylic acids is 1. The Balaban J connectivity index is 2.08. The summed E-state index contributed by atoms with van der Waals surface area (Å²) in [5.74, 6) is -0.0425. The van der Waals surface area contributed by atoms with Gasteiger partial charge in [0.2, 0.25) is 0 Å². The SMILES string of the molecule is COC(=O)c1cc(-c2cccc(C(C)C)c2)n(Cc2ccccc2Cl)n1. The minimum Gasteiger partial charge on any atom is -0.464 e. The van der Waals surface area contributed by atoms with Crippen LogP contribution in [0.15, 0.2) is 54.6 Å². The molecule has 0 aliphatic carbocycles. The van der Waals surface area contributed by atoms with Gasteiger partial charge in [-0.1, -0.05) is 61.8 Å². The van der Waals surface area contributed by atoms with Crippen molar-refractivity contribution in [2.24, 2.45) is 0 Å². The van der Waals surface area contributed by atoms with Gasteiger partial charge in [0.1, 0.15) is 0 Å². The summed E-state index contributed by atoms with van der Waals surface area (Å²) in [7, 11) is 1.36. The van der Waals surface area contributed by atoms with Crippen LogP contribution in [0.4, 0.5) is 0 Å². The lowest BCUT2D eigenvalue weighted by atomic mass is 9.99. The predicted octanol–water partition coefficient (Wildman–Crippen LogP) is 5.16. The summed E-state index contributed by atoms with van der Waals surface area (Å²) in [6, 6.07) is 17.7. The fourth-order valence-electron chi connectivity index (χ4n) is 2.82. The Morgan fingerprint density at radius 1 is 1.15 bits per heavy atom. The zero-order valence-electron chi connectivity index (χ0n) is 15.1. The van der Waals surface area contributed by atoms with Crippen LogP contribution in [0.5, 0.6) is 0 Å². The molecule has 1 heterocycles. The minimum atomic E-state index is -0.454. The maximum absolute atomic E-state index is 12.0. The summed E-state index contributed by atoms with van der Waals surface area (Å²) in [5, 5.41) is 5.12. The lowest BCUT2D eigenvalue weighted by molar-refractivity contribution is 0.0593. The maximum atomic E-state index is 12.0. The van der Waals surface area contributed by atoms with Crippen LogP contribution in [0.25, 0.3) is 11.3 Å². The number of carbonyl (C=O) groups is 1. The standard InChI is InChI=1S/C21H21ClN2O2/c1-14(2)15-8-6-9-16(11-15)20-12-19(21(25)26-3)23-24(20)13-17-7-4-5-10-18(17)22/h4-12,14H,13H2,1-3H3. The molecular weight excluding hydrogens is 348 g/mol. The zero-order chi connectivity index (χ0) is 18.7. The summed E-state index contributed by atoms with van der Waals surface area (Å²) < 4.78 is 6.63. The lowest BCUT2D eigenvalue weighted by Gasteiger charge is -2.11. The minimum absolute atomic E-state index is 0.282. The summed E-state index contributed by atoms with van der Waals surface area (Å²) in [6.07, 6.45) is 0. The smallest absolute Gasteiger partial charge is 0.358 e. The highest BCUT2D eigenvalue weighted by Crippen LogP contribution is 2.27. The molecule has 0 N–H and O–H groups in total. The third-order valence-electron chi connectivity index (χ3n) is 4.30. The second-order valence-corrected chi connectivity index (χ2v) is 6.84. The predicted molar refractivity (Wildman–Crippen MR) is 104 cm³/mol. The number of hydrogen-bond acceptors (Lipinski definition) is 3. The summed E-state index contributed by atoms with van der Waals surface area (Å²) >= 11 is 6.30. The molecule has 0 fully saturated rings. The zero-order valence-corrected chi connectivity index (χ0v) is 15.8. The molecule has 134 valence electrons. The molecule has 0 aliphatic heterocycles. The van der Waals surface area contributed by atoms with Gasteiger partial charge in [-0.3, -0.25) is 4.68 Å². The average Bonchev–Trinajstić information content (AvgIpc) is 3.07. The topological polar surface area (TPSA) is 44.1 Å². The average molecular weight is 369 g/mol. The van der Waals surface area contributed by atoms with E-state index in [4.69, 9.17) is 16.3 Å². The Morgan fingerprint density at radius 3 is 2.62 bits per heavy atom. The summed E-state index contributed by atoms with van der Waals surface area (Å²) in [5.41, 5.74) is 4.31. The number of esters is 1. The molecule has 0 unspecified atom stereocenters. The first-order chi connectivity index (χ1) is 12.5. The normalized spacial score (nSPS) is 11.0. The molecule has 4 nitrogen and oxygen atoms in total. The molecular formula is C21H21ClN2O2. The largest absolute Gasteiger partial charge is 0.464 e. The van der Waals surface area contributed by atoms with Crippen LogP contribution in [0.2, 0.25) is 5.02 Å². The number of rotatable bonds is 5. The molecule has 0 saturated carbocycles. The fraction of sp³-hybridized carbons (Fsp3) is 0.238. The van der Waals surface area contributed by atoms with Gasteiger partial charge in [0, 0.05) is 10.6 Å². The van der Waals surface area contributed by atoms with Gasteiger partial charge >= 0.3 is 5.97 Å². The van der Waals surface area contributed by atoms with Gasteiger partial charge in [-0.2, -0.15) is 5.10 Å². The molecule has 3 rings (SSSR count). The van der Waals surface area contributed by atoms with Gasteiger partial charge in [-0.25, -0.2) is 4.79 Å². The number of hydrogen-bond donors (Lipinski definition) is 0. The molecule has 0 bridgehead atoms. The van der Waals surface area contributed by atoms with Gasteiger partial charge in [-0.05, 0) is 35.2 Å². The molecule has 5 heteroatoms. The van der Waals surface area contributed by atoms with Crippen LogP contribution >= 0.6 is 11.6 Å². The molecule has 1 aromatic heterocycles. The highest BCUT2D eigenvalue weighted by molar-refractivity contribution is 6.31. The maximum Gasteiger partial charge on any atom is 0.358 e. The third-order valence-corrected chi connectivity index (χ3v) is 4.67. The van der Waals surface area contributed by atoms with E-state index in [1.54, 1.807) is 10.7 Å². The molecule has 0 saturated heterocycles. The second kappa shape index (κ2) is 7.75. The third kappa shape index (κ3) is 3.81. The molecule has 2 aromatic carbocycles. The number of aromatic nitrogens is 2. The first-order valence-electron chi connectivity index (χ1n) is 8.49. The Bertz CT molecular complexity index is 931. The van der Waals surface area contributed by atoms with Crippen molar-refractivity contribution in [2.45, 2.75) is 26.3 Å². The van der Waals surface area contributed by atoms with Crippen molar-refractivity contribution in [3.05, 3.63) is 76.4 Å². The lowest BCUT2D eigenvalue weighted by Crippen LogP contribution is -2.07. The van der Waals surface area contributed by atoms with Gasteiger partial charge in [-0.15, -0.1) is 0 Å². The molecule has 0 amide bonds. The van der Waals surface area contributed by atoms with Crippen LogP contribution in [0.3, 0.4) is 0 Å². The van der Waals surface area contributed by atoms with E-state index in [0.717, 1.165) is 16.8 Å². The van der Waals surface area contributed by atoms with E-state index in [0.29, 0.717) is 17.5 Å². The Kier molecular flexibility index (Phi) is 5.43. The number of methoxy groups -OCH3 is 1. The first-order valence-corrected chi connectivity index (χ1v) is 8.87. The molecule has 26 heavy (non-hydrogen) atoms. The number of nitrogens with zero attached hydrogens (tertiary/aromatic N) is 2. The van der Waals surface area contributed by atoms with Crippen LogP contribution in [-0.2, 0) is 11.3 Å². The molecule has 3 aromatic rings.